The fourth-order valence-electron chi connectivity index (χ4n) is 1.09. The van der Waals surface area contributed by atoms with Crippen molar-refractivity contribution in [2.75, 3.05) is 18.6 Å². The quantitative estimate of drug-likeness (QED) is 0.628. The van der Waals surface area contributed by atoms with Gasteiger partial charge < -0.3 is 10.5 Å². The minimum absolute atomic E-state index is 0.0727. The Labute approximate surface area is 99.4 Å². The molecule has 4 heteroatoms. The van der Waals surface area contributed by atoms with Gasteiger partial charge >= 0.3 is 0 Å². The van der Waals surface area contributed by atoms with Crippen LogP contribution >= 0.6 is 11.8 Å². The number of anilines is 1. The lowest BCUT2D eigenvalue weighted by molar-refractivity contribution is -0.109. The van der Waals surface area contributed by atoms with Crippen LogP contribution in [0.3, 0.4) is 0 Å². The van der Waals surface area contributed by atoms with E-state index in [-0.39, 0.29) is 5.12 Å². The van der Waals surface area contributed by atoms with Gasteiger partial charge in [0.05, 0.1) is 18.6 Å². The first kappa shape index (κ1) is 12.5. The van der Waals surface area contributed by atoms with Crippen molar-refractivity contribution in [3.63, 3.8) is 0 Å². The van der Waals surface area contributed by atoms with E-state index in [2.05, 4.69) is 11.8 Å². The average molecular weight is 235 g/mol. The molecule has 0 atom stereocenters. The lowest BCUT2D eigenvalue weighted by Gasteiger charge is -2.03. The molecule has 84 valence electrons. The molecular formula is C12H13NO2S. The van der Waals surface area contributed by atoms with Crippen molar-refractivity contribution >= 4 is 22.6 Å². The summed E-state index contributed by atoms with van der Waals surface area (Å²) in [6.07, 6.45) is 0. The van der Waals surface area contributed by atoms with Crippen LogP contribution in [0.1, 0.15) is 12.5 Å². The smallest absolute Gasteiger partial charge is 0.186 e. The number of rotatable bonds is 2. The van der Waals surface area contributed by atoms with E-state index >= 15 is 0 Å². The van der Waals surface area contributed by atoms with E-state index in [0.717, 1.165) is 5.56 Å². The van der Waals surface area contributed by atoms with E-state index in [1.54, 1.807) is 19.2 Å². The van der Waals surface area contributed by atoms with Crippen LogP contribution < -0.4 is 10.5 Å². The van der Waals surface area contributed by atoms with E-state index in [0.29, 0.717) is 17.2 Å². The van der Waals surface area contributed by atoms with Gasteiger partial charge in [0.1, 0.15) is 5.75 Å². The number of carbonyl (C=O) groups excluding carboxylic acids is 1. The molecule has 0 radical (unpaired) electrons. The topological polar surface area (TPSA) is 52.3 Å². The van der Waals surface area contributed by atoms with Gasteiger partial charge in [-0.25, -0.2) is 0 Å². The maximum atomic E-state index is 10.7. The van der Waals surface area contributed by atoms with Gasteiger partial charge in [0, 0.05) is 12.5 Å². The summed E-state index contributed by atoms with van der Waals surface area (Å²) in [5.41, 5.74) is 7.12. The van der Waals surface area contributed by atoms with Gasteiger partial charge in [-0.15, -0.1) is 0 Å². The number of nitrogens with two attached hydrogens (primary N) is 1. The number of nitrogen functional groups attached to an aromatic ring is 1. The molecule has 1 rings (SSSR count). The summed E-state index contributed by atoms with van der Waals surface area (Å²) in [6.45, 7) is 1.53. The van der Waals surface area contributed by atoms with Gasteiger partial charge in [0.2, 0.25) is 0 Å². The first-order valence-electron chi connectivity index (χ1n) is 4.69. The van der Waals surface area contributed by atoms with E-state index in [1.165, 1.54) is 18.7 Å². The van der Waals surface area contributed by atoms with E-state index in [9.17, 15) is 4.79 Å². The summed E-state index contributed by atoms with van der Waals surface area (Å²) >= 11 is 1.19. The van der Waals surface area contributed by atoms with Crippen molar-refractivity contribution in [3.8, 4) is 17.6 Å². The first-order valence-corrected chi connectivity index (χ1v) is 5.68. The van der Waals surface area contributed by atoms with Crippen LogP contribution in [0.4, 0.5) is 5.69 Å². The lowest BCUT2D eigenvalue weighted by Crippen LogP contribution is -1.92. The van der Waals surface area contributed by atoms with E-state index in [1.807, 2.05) is 6.07 Å². The van der Waals surface area contributed by atoms with Crippen molar-refractivity contribution in [2.24, 2.45) is 0 Å². The summed E-state index contributed by atoms with van der Waals surface area (Å²) in [4.78, 5) is 10.7. The molecule has 1 aromatic rings. The highest BCUT2D eigenvalue weighted by molar-refractivity contribution is 8.13. The second-order valence-electron chi connectivity index (χ2n) is 3.04. The standard InChI is InChI=1S/C12H13NO2S/c1-9(14)16-7-3-4-10-5-6-12(15-2)11(13)8-10/h5-6,8H,7,13H2,1-2H3. The molecular weight excluding hydrogens is 222 g/mol. The van der Waals surface area contributed by atoms with E-state index in [4.69, 9.17) is 10.5 Å². The van der Waals surface area contributed by atoms with Crippen LogP contribution in [0, 0.1) is 11.8 Å². The predicted octanol–water partition coefficient (Wildman–Crippen LogP) is 1.91. The van der Waals surface area contributed by atoms with Crippen molar-refractivity contribution in [3.05, 3.63) is 23.8 Å². The van der Waals surface area contributed by atoms with Crippen LogP contribution in [0.5, 0.6) is 5.75 Å². The summed E-state index contributed by atoms with van der Waals surface area (Å²) in [5, 5.41) is 0.0727. The molecule has 0 amide bonds. The highest BCUT2D eigenvalue weighted by atomic mass is 32.2. The van der Waals surface area contributed by atoms with Crippen LogP contribution in [-0.4, -0.2) is 18.0 Å². The Morgan fingerprint density at radius 3 is 2.88 bits per heavy atom. The fourth-order valence-corrected chi connectivity index (χ4v) is 1.44. The number of methoxy groups -OCH3 is 1. The van der Waals surface area contributed by atoms with Gasteiger partial charge in [-0.3, -0.25) is 4.79 Å². The Kier molecular flexibility index (Phi) is 4.74. The molecule has 0 aliphatic heterocycles. The summed E-state index contributed by atoms with van der Waals surface area (Å²) in [5.74, 6) is 6.97. The molecule has 0 spiro atoms. The van der Waals surface area contributed by atoms with Crippen molar-refractivity contribution in [1.29, 1.82) is 0 Å². The molecule has 1 aromatic carbocycles. The molecule has 0 bridgehead atoms. The normalized spacial score (nSPS) is 9.12. The highest BCUT2D eigenvalue weighted by Crippen LogP contribution is 2.21. The zero-order valence-electron chi connectivity index (χ0n) is 9.24. The molecule has 16 heavy (non-hydrogen) atoms. The summed E-state index contributed by atoms with van der Waals surface area (Å²) in [7, 11) is 1.57. The Morgan fingerprint density at radius 1 is 1.56 bits per heavy atom. The number of ether oxygens (including phenoxy) is 1. The van der Waals surface area contributed by atoms with E-state index < -0.39 is 0 Å². The molecule has 0 aromatic heterocycles. The zero-order valence-corrected chi connectivity index (χ0v) is 10.1. The molecule has 0 aliphatic carbocycles. The van der Waals surface area contributed by atoms with Crippen LogP contribution in [0.15, 0.2) is 18.2 Å². The number of hydrogen-bond acceptors (Lipinski definition) is 4. The Bertz CT molecular complexity index is 446. The predicted molar refractivity (Wildman–Crippen MR) is 67.4 cm³/mol. The molecule has 0 heterocycles. The van der Waals surface area contributed by atoms with Crippen molar-refractivity contribution in [2.45, 2.75) is 6.92 Å². The SMILES string of the molecule is COc1ccc(C#CCSC(C)=O)cc1N. The van der Waals surface area contributed by atoms with Gasteiger partial charge in [-0.05, 0) is 18.2 Å². The minimum atomic E-state index is 0.0727. The summed E-state index contributed by atoms with van der Waals surface area (Å²) < 4.78 is 5.04. The van der Waals surface area contributed by atoms with Gasteiger partial charge in [-0.1, -0.05) is 23.6 Å². The second kappa shape index (κ2) is 6.09. The third kappa shape index (κ3) is 3.87. The first-order chi connectivity index (χ1) is 7.63. The Morgan fingerprint density at radius 2 is 2.31 bits per heavy atom. The monoisotopic (exact) mass is 235 g/mol. The average Bonchev–Trinajstić information content (AvgIpc) is 2.24. The fraction of sp³-hybridized carbons (Fsp3) is 0.250. The largest absolute Gasteiger partial charge is 0.495 e. The third-order valence-corrected chi connectivity index (χ3v) is 2.51. The molecule has 3 nitrogen and oxygen atoms in total. The number of carbonyl (C=O) groups is 1. The maximum Gasteiger partial charge on any atom is 0.186 e. The molecule has 0 unspecified atom stereocenters. The molecule has 2 N–H and O–H groups in total. The van der Waals surface area contributed by atoms with Gasteiger partial charge in [-0.2, -0.15) is 0 Å². The maximum absolute atomic E-state index is 10.7. The Hall–Kier alpha value is -1.60. The summed E-state index contributed by atoms with van der Waals surface area (Å²) in [6, 6.07) is 5.36. The zero-order chi connectivity index (χ0) is 12.0. The highest BCUT2D eigenvalue weighted by Gasteiger charge is 1.98. The van der Waals surface area contributed by atoms with Gasteiger partial charge in [0.25, 0.3) is 0 Å². The van der Waals surface area contributed by atoms with Crippen molar-refractivity contribution < 1.29 is 9.53 Å². The van der Waals surface area contributed by atoms with Crippen LogP contribution in [-0.2, 0) is 4.79 Å². The van der Waals surface area contributed by atoms with Crippen LogP contribution in [0.25, 0.3) is 0 Å². The molecule has 0 saturated carbocycles. The molecule has 0 fully saturated rings. The third-order valence-electron chi connectivity index (χ3n) is 1.81. The van der Waals surface area contributed by atoms with Crippen LogP contribution in [0.2, 0.25) is 0 Å². The lowest BCUT2D eigenvalue weighted by atomic mass is 10.2. The molecule has 0 saturated heterocycles. The number of benzene rings is 1. The second-order valence-corrected chi connectivity index (χ2v) is 4.19. The van der Waals surface area contributed by atoms with Gasteiger partial charge in [0.15, 0.2) is 5.12 Å². The minimum Gasteiger partial charge on any atom is -0.495 e. The number of hydrogen-bond donors (Lipinski definition) is 1. The number of thioether (sulfide) groups is 1. The molecule has 0 aliphatic rings. The Balaban J connectivity index is 2.67. The van der Waals surface area contributed by atoms with Crippen molar-refractivity contribution in [1.82, 2.24) is 0 Å².